The lowest BCUT2D eigenvalue weighted by Gasteiger charge is -2.39. The Labute approximate surface area is 124 Å². The minimum atomic E-state index is 0.212. The van der Waals surface area contributed by atoms with Gasteiger partial charge < -0.3 is 20.5 Å². The van der Waals surface area contributed by atoms with E-state index in [9.17, 15) is 5.11 Å². The highest BCUT2D eigenvalue weighted by Crippen LogP contribution is 2.31. The van der Waals surface area contributed by atoms with Crippen LogP contribution in [0.15, 0.2) is 30.5 Å². The Morgan fingerprint density at radius 1 is 1.43 bits per heavy atom. The summed E-state index contributed by atoms with van der Waals surface area (Å²) in [6.45, 7) is 1.43. The number of phenols is 1. The van der Waals surface area contributed by atoms with Gasteiger partial charge in [-0.1, -0.05) is 6.07 Å². The number of fused-ring (bicyclic) bond motifs is 1. The van der Waals surface area contributed by atoms with E-state index in [0.717, 1.165) is 36.0 Å². The van der Waals surface area contributed by atoms with Gasteiger partial charge in [0.25, 0.3) is 0 Å². The number of nitrogens with two attached hydrogens (primary N) is 1. The van der Waals surface area contributed by atoms with E-state index in [1.807, 2.05) is 18.3 Å². The summed E-state index contributed by atoms with van der Waals surface area (Å²) in [4.78, 5) is 6.79. The fourth-order valence-corrected chi connectivity index (χ4v) is 3.10. The molecule has 0 saturated carbocycles. The quantitative estimate of drug-likeness (QED) is 0.902. The van der Waals surface area contributed by atoms with E-state index >= 15 is 0 Å². The Bertz CT molecular complexity index is 632. The molecule has 2 unspecified atom stereocenters. The maximum absolute atomic E-state index is 9.77. The highest BCUT2D eigenvalue weighted by molar-refractivity contribution is 5.93. The van der Waals surface area contributed by atoms with Crippen molar-refractivity contribution in [1.82, 2.24) is 4.98 Å². The summed E-state index contributed by atoms with van der Waals surface area (Å²) >= 11 is 0. The number of nitrogens with zero attached hydrogens (tertiary/aromatic N) is 2. The summed E-state index contributed by atoms with van der Waals surface area (Å²) in [6.07, 6.45) is 3.94. The van der Waals surface area contributed by atoms with Crippen molar-refractivity contribution in [2.75, 3.05) is 25.1 Å². The summed E-state index contributed by atoms with van der Waals surface area (Å²) in [6, 6.07) is 7.55. The first kappa shape index (κ1) is 14.1. The first-order chi connectivity index (χ1) is 10.2. The zero-order valence-corrected chi connectivity index (χ0v) is 12.2. The second-order valence-corrected chi connectivity index (χ2v) is 5.51. The van der Waals surface area contributed by atoms with Gasteiger partial charge >= 0.3 is 0 Å². The molecule has 0 bridgehead atoms. The molecule has 2 aromatic rings. The molecule has 1 aliphatic heterocycles. The van der Waals surface area contributed by atoms with E-state index in [1.54, 1.807) is 19.2 Å². The predicted octanol–water partition coefficient (Wildman–Crippen LogP) is 1.88. The molecule has 0 amide bonds. The SMILES string of the molecule is COC1CCN(c2nccc3ccc(O)cc23)C(CN)C1. The van der Waals surface area contributed by atoms with Gasteiger partial charge in [-0.3, -0.25) is 0 Å². The topological polar surface area (TPSA) is 71.6 Å². The summed E-state index contributed by atoms with van der Waals surface area (Å²) in [5.41, 5.74) is 5.95. The van der Waals surface area contributed by atoms with Crippen LogP contribution in [0.5, 0.6) is 5.75 Å². The van der Waals surface area contributed by atoms with E-state index in [-0.39, 0.29) is 17.9 Å². The van der Waals surface area contributed by atoms with Crippen LogP contribution in [0.4, 0.5) is 5.82 Å². The Morgan fingerprint density at radius 2 is 2.29 bits per heavy atom. The molecular weight excluding hydrogens is 266 g/mol. The molecule has 3 rings (SSSR count). The molecular formula is C16H21N3O2. The summed E-state index contributed by atoms with van der Waals surface area (Å²) in [5.74, 6) is 1.15. The molecule has 1 aromatic heterocycles. The number of methoxy groups -OCH3 is 1. The zero-order chi connectivity index (χ0) is 14.8. The van der Waals surface area contributed by atoms with E-state index < -0.39 is 0 Å². The van der Waals surface area contributed by atoms with E-state index in [4.69, 9.17) is 10.5 Å². The van der Waals surface area contributed by atoms with Crippen LogP contribution in [0.2, 0.25) is 0 Å². The number of ether oxygens (including phenoxy) is 1. The number of phenolic OH excluding ortho intramolecular Hbond substituents is 1. The minimum absolute atomic E-state index is 0.212. The van der Waals surface area contributed by atoms with Crippen LogP contribution in [-0.4, -0.2) is 42.4 Å². The average molecular weight is 287 g/mol. The molecule has 112 valence electrons. The number of aromatic nitrogens is 1. The third-order valence-electron chi connectivity index (χ3n) is 4.27. The lowest BCUT2D eigenvalue weighted by atomic mass is 9.98. The van der Waals surface area contributed by atoms with Gasteiger partial charge in [0.05, 0.1) is 6.10 Å². The summed E-state index contributed by atoms with van der Waals surface area (Å²) in [5, 5.41) is 11.8. The van der Waals surface area contributed by atoms with E-state index in [1.165, 1.54) is 0 Å². The van der Waals surface area contributed by atoms with Gasteiger partial charge in [-0.25, -0.2) is 4.98 Å². The van der Waals surface area contributed by atoms with Crippen LogP contribution in [0.25, 0.3) is 10.8 Å². The molecule has 0 spiro atoms. The van der Waals surface area contributed by atoms with Gasteiger partial charge in [0.15, 0.2) is 0 Å². The molecule has 3 N–H and O–H groups in total. The van der Waals surface area contributed by atoms with Crippen molar-refractivity contribution >= 4 is 16.6 Å². The normalized spacial score (nSPS) is 22.7. The van der Waals surface area contributed by atoms with Crippen molar-refractivity contribution in [3.8, 4) is 5.75 Å². The molecule has 2 atom stereocenters. The van der Waals surface area contributed by atoms with Gasteiger partial charge in [0.1, 0.15) is 11.6 Å². The Hall–Kier alpha value is -1.85. The molecule has 5 nitrogen and oxygen atoms in total. The van der Waals surface area contributed by atoms with Crippen molar-refractivity contribution in [2.45, 2.75) is 25.0 Å². The smallest absolute Gasteiger partial charge is 0.136 e. The van der Waals surface area contributed by atoms with Crippen LogP contribution in [-0.2, 0) is 4.74 Å². The summed E-state index contributed by atoms with van der Waals surface area (Å²) < 4.78 is 5.47. The molecule has 5 heteroatoms. The minimum Gasteiger partial charge on any atom is -0.508 e. The maximum Gasteiger partial charge on any atom is 0.136 e. The highest BCUT2D eigenvalue weighted by atomic mass is 16.5. The molecule has 1 saturated heterocycles. The van der Waals surface area contributed by atoms with Crippen molar-refractivity contribution in [3.63, 3.8) is 0 Å². The first-order valence-electron chi connectivity index (χ1n) is 7.30. The molecule has 1 aromatic carbocycles. The predicted molar refractivity (Wildman–Crippen MR) is 83.6 cm³/mol. The van der Waals surface area contributed by atoms with Crippen LogP contribution in [0, 0.1) is 0 Å². The van der Waals surface area contributed by atoms with Crippen molar-refractivity contribution in [1.29, 1.82) is 0 Å². The number of pyridine rings is 1. The first-order valence-corrected chi connectivity index (χ1v) is 7.30. The molecule has 1 fully saturated rings. The lowest BCUT2D eigenvalue weighted by Crippen LogP contribution is -2.49. The van der Waals surface area contributed by atoms with Crippen molar-refractivity contribution < 1.29 is 9.84 Å². The van der Waals surface area contributed by atoms with Crippen LogP contribution in [0.3, 0.4) is 0 Å². The molecule has 2 heterocycles. The number of hydrogen-bond acceptors (Lipinski definition) is 5. The van der Waals surface area contributed by atoms with Gasteiger partial charge in [0, 0.05) is 37.8 Å². The average Bonchev–Trinajstić information content (AvgIpc) is 2.53. The van der Waals surface area contributed by atoms with Gasteiger partial charge in [-0.05, 0) is 36.4 Å². The second kappa shape index (κ2) is 5.87. The van der Waals surface area contributed by atoms with E-state index in [2.05, 4.69) is 9.88 Å². The molecule has 1 aliphatic rings. The number of piperidine rings is 1. The van der Waals surface area contributed by atoms with Gasteiger partial charge in [-0.2, -0.15) is 0 Å². The number of rotatable bonds is 3. The van der Waals surface area contributed by atoms with Crippen LogP contribution < -0.4 is 10.6 Å². The summed E-state index contributed by atoms with van der Waals surface area (Å²) in [7, 11) is 1.75. The number of hydrogen-bond donors (Lipinski definition) is 2. The molecule has 0 radical (unpaired) electrons. The van der Waals surface area contributed by atoms with Crippen molar-refractivity contribution in [3.05, 3.63) is 30.5 Å². The highest BCUT2D eigenvalue weighted by Gasteiger charge is 2.29. The lowest BCUT2D eigenvalue weighted by molar-refractivity contribution is 0.0708. The largest absolute Gasteiger partial charge is 0.508 e. The van der Waals surface area contributed by atoms with E-state index in [0.29, 0.717) is 6.54 Å². The fourth-order valence-electron chi connectivity index (χ4n) is 3.10. The Balaban J connectivity index is 2.01. The van der Waals surface area contributed by atoms with Crippen molar-refractivity contribution in [2.24, 2.45) is 5.73 Å². The van der Waals surface area contributed by atoms with Crippen LogP contribution in [0.1, 0.15) is 12.8 Å². The number of aromatic hydroxyl groups is 1. The number of benzene rings is 1. The van der Waals surface area contributed by atoms with Gasteiger partial charge in [-0.15, -0.1) is 0 Å². The standard InChI is InChI=1S/C16H21N3O2/c1-21-14-5-7-19(12(8-14)10-17)16-15-9-13(20)3-2-11(15)4-6-18-16/h2-4,6,9,12,14,20H,5,7-8,10,17H2,1H3. The zero-order valence-electron chi connectivity index (χ0n) is 12.2. The Morgan fingerprint density at radius 3 is 3.05 bits per heavy atom. The van der Waals surface area contributed by atoms with Gasteiger partial charge in [0.2, 0.25) is 0 Å². The third-order valence-corrected chi connectivity index (χ3v) is 4.27. The second-order valence-electron chi connectivity index (χ2n) is 5.51. The fraction of sp³-hybridized carbons (Fsp3) is 0.438. The molecule has 0 aliphatic carbocycles. The Kier molecular flexibility index (Phi) is 3.94. The third kappa shape index (κ3) is 2.66. The van der Waals surface area contributed by atoms with Crippen LogP contribution >= 0.6 is 0 Å². The number of anilines is 1. The monoisotopic (exact) mass is 287 g/mol. The maximum atomic E-state index is 9.77. The molecule has 21 heavy (non-hydrogen) atoms.